The van der Waals surface area contributed by atoms with Gasteiger partial charge in [-0.2, -0.15) is 0 Å². The number of benzene rings is 1. The average Bonchev–Trinajstić information content (AvgIpc) is 2.17. The lowest BCUT2D eigenvalue weighted by Crippen LogP contribution is -2.15. The number of sulfonamides is 1. The second-order valence-corrected chi connectivity index (χ2v) is 4.92. The Kier molecular flexibility index (Phi) is 3.89. The van der Waals surface area contributed by atoms with Crippen LogP contribution in [0.25, 0.3) is 0 Å². The molecule has 96 valence electrons. The van der Waals surface area contributed by atoms with Crippen LogP contribution >= 0.6 is 0 Å². The maximum Gasteiger partial charge on any atom is 0.272 e. The lowest BCUT2D eigenvalue weighted by atomic mass is 10.2. The number of nitrogen functional groups attached to an aromatic ring is 1. The molecule has 0 unspecified atom stereocenters. The number of hydrogen-bond donors (Lipinski definition) is 2. The molecule has 4 N–H and O–H groups in total. The minimum atomic E-state index is -3.96. The van der Waals surface area contributed by atoms with Gasteiger partial charge in [0.2, 0.25) is 10.0 Å². The van der Waals surface area contributed by atoms with E-state index in [0.717, 1.165) is 6.07 Å². The van der Waals surface area contributed by atoms with Crippen molar-refractivity contribution < 1.29 is 21.9 Å². The van der Waals surface area contributed by atoms with Crippen LogP contribution in [0.4, 0.5) is 14.5 Å². The maximum atomic E-state index is 12.0. The van der Waals surface area contributed by atoms with Crippen LogP contribution in [0.15, 0.2) is 17.0 Å². The van der Waals surface area contributed by atoms with E-state index in [0.29, 0.717) is 0 Å². The number of anilines is 1. The van der Waals surface area contributed by atoms with Gasteiger partial charge in [0.05, 0.1) is 4.90 Å². The molecule has 0 saturated heterocycles. The fourth-order valence-electron chi connectivity index (χ4n) is 1.28. The number of hydrogen-bond acceptors (Lipinski definition) is 4. The molecule has 0 spiro atoms. The first-order valence-corrected chi connectivity index (χ1v) is 6.10. The van der Waals surface area contributed by atoms with E-state index < -0.39 is 23.1 Å². The van der Waals surface area contributed by atoms with Crippen molar-refractivity contribution in [2.45, 2.75) is 18.2 Å². The standard InChI is InChI=1S/C9H12F2N2O3S/c1-5-7(16-4-9(10)11)2-6(12)3-8(5)17(13,14)15/h2-3,9H,4,12H2,1H3,(H2,13,14,15). The summed E-state index contributed by atoms with van der Waals surface area (Å²) < 4.78 is 51.2. The van der Waals surface area contributed by atoms with Gasteiger partial charge < -0.3 is 10.5 Å². The van der Waals surface area contributed by atoms with Crippen molar-refractivity contribution in [1.29, 1.82) is 0 Å². The summed E-state index contributed by atoms with van der Waals surface area (Å²) in [5, 5.41) is 4.96. The molecule has 0 aromatic heterocycles. The number of nitrogens with two attached hydrogens (primary N) is 2. The highest BCUT2D eigenvalue weighted by atomic mass is 32.2. The van der Waals surface area contributed by atoms with Crippen molar-refractivity contribution in [3.63, 3.8) is 0 Å². The minimum Gasteiger partial charge on any atom is -0.487 e. The first-order chi connectivity index (χ1) is 7.71. The molecule has 0 bridgehead atoms. The Morgan fingerprint density at radius 3 is 2.47 bits per heavy atom. The van der Waals surface area contributed by atoms with Crippen LogP contribution in [0, 0.1) is 6.92 Å². The van der Waals surface area contributed by atoms with Gasteiger partial charge in [-0.25, -0.2) is 22.3 Å². The van der Waals surface area contributed by atoms with Crippen molar-refractivity contribution in [2.24, 2.45) is 5.14 Å². The molecule has 0 saturated carbocycles. The molecule has 0 heterocycles. The van der Waals surface area contributed by atoms with Gasteiger partial charge in [-0.3, -0.25) is 0 Å². The van der Waals surface area contributed by atoms with Gasteiger partial charge in [-0.05, 0) is 13.0 Å². The maximum absolute atomic E-state index is 12.0. The van der Waals surface area contributed by atoms with E-state index in [1.165, 1.54) is 13.0 Å². The number of halogens is 2. The normalized spacial score (nSPS) is 11.8. The predicted octanol–water partition coefficient (Wildman–Crippen LogP) is 0.869. The summed E-state index contributed by atoms with van der Waals surface area (Å²) in [6, 6.07) is 2.42. The molecule has 1 aromatic carbocycles. The van der Waals surface area contributed by atoms with Crippen LogP contribution < -0.4 is 15.6 Å². The van der Waals surface area contributed by atoms with E-state index in [1.807, 2.05) is 0 Å². The largest absolute Gasteiger partial charge is 0.487 e. The highest BCUT2D eigenvalue weighted by Gasteiger charge is 2.17. The zero-order valence-corrected chi connectivity index (χ0v) is 9.80. The van der Waals surface area contributed by atoms with E-state index in [2.05, 4.69) is 0 Å². The van der Waals surface area contributed by atoms with E-state index in [1.54, 1.807) is 0 Å². The summed E-state index contributed by atoms with van der Waals surface area (Å²) >= 11 is 0. The Morgan fingerprint density at radius 1 is 1.41 bits per heavy atom. The van der Waals surface area contributed by atoms with Gasteiger partial charge in [0.15, 0.2) is 0 Å². The SMILES string of the molecule is Cc1c(OCC(F)F)cc(N)cc1S(N)(=O)=O. The summed E-state index contributed by atoms with van der Waals surface area (Å²) in [6.07, 6.45) is -2.66. The molecule has 17 heavy (non-hydrogen) atoms. The first kappa shape index (κ1) is 13.7. The molecule has 1 rings (SSSR count). The highest BCUT2D eigenvalue weighted by molar-refractivity contribution is 7.89. The Hall–Kier alpha value is -1.41. The zero-order chi connectivity index (χ0) is 13.2. The highest BCUT2D eigenvalue weighted by Crippen LogP contribution is 2.28. The van der Waals surface area contributed by atoms with Gasteiger partial charge >= 0.3 is 0 Å². The molecule has 0 aliphatic heterocycles. The molecule has 0 radical (unpaired) electrons. The Balaban J connectivity index is 3.20. The smallest absolute Gasteiger partial charge is 0.272 e. The topological polar surface area (TPSA) is 95.4 Å². The fraction of sp³-hybridized carbons (Fsp3) is 0.333. The Morgan fingerprint density at radius 2 is 2.00 bits per heavy atom. The quantitative estimate of drug-likeness (QED) is 0.790. The third kappa shape index (κ3) is 3.53. The van der Waals surface area contributed by atoms with Crippen LogP contribution in [0.5, 0.6) is 5.75 Å². The van der Waals surface area contributed by atoms with Crippen LogP contribution in [0.1, 0.15) is 5.56 Å². The summed E-state index contributed by atoms with van der Waals surface area (Å²) in [5.74, 6) is -0.0191. The van der Waals surface area contributed by atoms with Crippen LogP contribution in [-0.4, -0.2) is 21.5 Å². The van der Waals surface area contributed by atoms with Crippen LogP contribution in [0.3, 0.4) is 0 Å². The van der Waals surface area contributed by atoms with E-state index in [-0.39, 0.29) is 21.9 Å². The second kappa shape index (κ2) is 4.84. The van der Waals surface area contributed by atoms with Crippen LogP contribution in [0.2, 0.25) is 0 Å². The van der Waals surface area contributed by atoms with Crippen molar-refractivity contribution in [1.82, 2.24) is 0 Å². The number of ether oxygens (including phenoxy) is 1. The fourth-order valence-corrected chi connectivity index (χ4v) is 2.11. The molecule has 0 atom stereocenters. The molecular formula is C9H12F2N2O3S. The second-order valence-electron chi connectivity index (χ2n) is 3.39. The molecule has 1 aromatic rings. The number of primary sulfonamides is 1. The minimum absolute atomic E-state index is 0.0191. The number of rotatable bonds is 4. The number of alkyl halides is 2. The predicted molar refractivity (Wildman–Crippen MR) is 58.5 cm³/mol. The van der Waals surface area contributed by atoms with E-state index >= 15 is 0 Å². The molecule has 8 heteroatoms. The van der Waals surface area contributed by atoms with E-state index in [9.17, 15) is 17.2 Å². The van der Waals surface area contributed by atoms with Gasteiger partial charge in [0.25, 0.3) is 6.43 Å². The van der Waals surface area contributed by atoms with E-state index in [4.69, 9.17) is 15.6 Å². The molecule has 0 aliphatic carbocycles. The summed E-state index contributed by atoms with van der Waals surface area (Å²) in [5.41, 5.74) is 5.67. The molecule has 0 amide bonds. The third-order valence-corrected chi connectivity index (χ3v) is 3.04. The average molecular weight is 266 g/mol. The lowest BCUT2D eigenvalue weighted by molar-refractivity contribution is 0.0815. The van der Waals surface area contributed by atoms with Crippen molar-refractivity contribution in [3.8, 4) is 5.75 Å². The van der Waals surface area contributed by atoms with Crippen molar-refractivity contribution >= 4 is 15.7 Å². The summed E-state index contributed by atoms with van der Waals surface area (Å²) in [6.45, 7) is 0.564. The summed E-state index contributed by atoms with van der Waals surface area (Å²) in [4.78, 5) is -0.234. The van der Waals surface area contributed by atoms with Gasteiger partial charge in [0.1, 0.15) is 12.4 Å². The van der Waals surface area contributed by atoms with Crippen LogP contribution in [-0.2, 0) is 10.0 Å². The molecule has 5 nitrogen and oxygen atoms in total. The van der Waals surface area contributed by atoms with Gasteiger partial charge in [0, 0.05) is 17.3 Å². The Labute approximate surface area is 97.4 Å². The zero-order valence-electron chi connectivity index (χ0n) is 8.98. The third-order valence-electron chi connectivity index (χ3n) is 2.01. The summed E-state index contributed by atoms with van der Waals surface area (Å²) in [7, 11) is -3.96. The van der Waals surface area contributed by atoms with Crippen molar-refractivity contribution in [3.05, 3.63) is 17.7 Å². The van der Waals surface area contributed by atoms with Crippen molar-refractivity contribution in [2.75, 3.05) is 12.3 Å². The molecule has 0 aliphatic rings. The monoisotopic (exact) mass is 266 g/mol. The first-order valence-electron chi connectivity index (χ1n) is 4.55. The van der Waals surface area contributed by atoms with Gasteiger partial charge in [-0.15, -0.1) is 0 Å². The van der Waals surface area contributed by atoms with Gasteiger partial charge in [-0.1, -0.05) is 0 Å². The Bertz CT molecular complexity index is 517. The molecule has 0 fully saturated rings. The lowest BCUT2D eigenvalue weighted by Gasteiger charge is -2.12. The molecular weight excluding hydrogens is 254 g/mol.